The lowest BCUT2D eigenvalue weighted by molar-refractivity contribution is -0.138. The summed E-state index contributed by atoms with van der Waals surface area (Å²) in [5, 5.41) is 7.25. The van der Waals surface area contributed by atoms with Crippen LogP contribution in [0.5, 0.6) is 0 Å². The van der Waals surface area contributed by atoms with Crippen molar-refractivity contribution in [2.24, 2.45) is 0 Å². The number of alkyl halides is 3. The Morgan fingerprint density at radius 1 is 1.10 bits per heavy atom. The van der Waals surface area contributed by atoms with Gasteiger partial charge in [0.15, 0.2) is 0 Å². The molecule has 29 heavy (non-hydrogen) atoms. The number of anilines is 1. The molecule has 1 aliphatic heterocycles. The number of rotatable bonds is 6. The van der Waals surface area contributed by atoms with E-state index in [-0.39, 0.29) is 27.8 Å². The summed E-state index contributed by atoms with van der Waals surface area (Å²) in [6, 6.07) is 6.29. The molecule has 1 aromatic heterocycles. The van der Waals surface area contributed by atoms with Gasteiger partial charge in [0.1, 0.15) is 0 Å². The number of piperidine rings is 1. The van der Waals surface area contributed by atoms with Crippen LogP contribution in [0, 0.1) is 0 Å². The van der Waals surface area contributed by atoms with Crippen LogP contribution < -0.4 is 5.32 Å². The van der Waals surface area contributed by atoms with Gasteiger partial charge in [0.05, 0.1) is 4.90 Å². The Kier molecular flexibility index (Phi) is 6.54. The molecule has 0 atom stereocenters. The highest BCUT2D eigenvalue weighted by molar-refractivity contribution is 7.89. The van der Waals surface area contributed by atoms with Gasteiger partial charge in [0.2, 0.25) is 26.1 Å². The standard InChI is InChI=1S/C17H19F3N4O3S2/c18-17(19,20)15-22-23-16(28-15)21-14(25)9-6-12-4-7-13(8-5-12)29(26,27)24-10-2-1-3-11-24/h4-5,7-8H,1-3,6,9-11H2,(H,21,23,25). The van der Waals surface area contributed by atoms with E-state index in [0.29, 0.717) is 19.5 Å². The van der Waals surface area contributed by atoms with Crippen LogP contribution >= 0.6 is 11.3 Å². The third kappa shape index (κ3) is 5.52. The van der Waals surface area contributed by atoms with E-state index in [2.05, 4.69) is 15.5 Å². The Hall–Kier alpha value is -2.05. The molecule has 0 bridgehead atoms. The van der Waals surface area contributed by atoms with Crippen LogP contribution in [0.25, 0.3) is 0 Å². The van der Waals surface area contributed by atoms with Gasteiger partial charge >= 0.3 is 6.18 Å². The van der Waals surface area contributed by atoms with E-state index in [1.807, 2.05) is 0 Å². The molecule has 0 unspecified atom stereocenters. The number of benzene rings is 1. The summed E-state index contributed by atoms with van der Waals surface area (Å²) >= 11 is 0.257. The van der Waals surface area contributed by atoms with Gasteiger partial charge in [-0.2, -0.15) is 17.5 Å². The Morgan fingerprint density at radius 2 is 1.76 bits per heavy atom. The molecule has 1 N–H and O–H groups in total. The van der Waals surface area contributed by atoms with Crippen molar-refractivity contribution in [3.8, 4) is 0 Å². The van der Waals surface area contributed by atoms with Crippen molar-refractivity contribution < 1.29 is 26.4 Å². The summed E-state index contributed by atoms with van der Waals surface area (Å²) in [4.78, 5) is 12.1. The summed E-state index contributed by atoms with van der Waals surface area (Å²) in [7, 11) is -3.51. The first-order valence-electron chi connectivity index (χ1n) is 8.96. The Morgan fingerprint density at radius 3 is 2.34 bits per heavy atom. The van der Waals surface area contributed by atoms with Crippen molar-refractivity contribution in [2.45, 2.75) is 43.2 Å². The minimum Gasteiger partial charge on any atom is -0.301 e. The van der Waals surface area contributed by atoms with Crippen LogP contribution in [0.4, 0.5) is 18.3 Å². The number of halogens is 3. The van der Waals surface area contributed by atoms with E-state index in [4.69, 9.17) is 0 Å². The first-order chi connectivity index (χ1) is 13.7. The smallest absolute Gasteiger partial charge is 0.301 e. The molecule has 1 aromatic carbocycles. The molecule has 2 heterocycles. The Balaban J connectivity index is 1.54. The molecule has 12 heteroatoms. The summed E-state index contributed by atoms with van der Waals surface area (Å²) in [6.45, 7) is 1.04. The lowest BCUT2D eigenvalue weighted by Crippen LogP contribution is -2.35. The molecule has 0 spiro atoms. The highest BCUT2D eigenvalue weighted by Crippen LogP contribution is 2.33. The van der Waals surface area contributed by atoms with Gasteiger partial charge in [-0.05, 0) is 37.0 Å². The first-order valence-corrected chi connectivity index (χ1v) is 11.2. The van der Waals surface area contributed by atoms with Crippen molar-refractivity contribution >= 4 is 32.4 Å². The average Bonchev–Trinajstić information content (AvgIpc) is 3.16. The van der Waals surface area contributed by atoms with Gasteiger partial charge in [-0.25, -0.2) is 8.42 Å². The number of carbonyl (C=O) groups excluding carboxylic acids is 1. The molecule has 1 saturated heterocycles. The third-order valence-electron chi connectivity index (χ3n) is 4.43. The number of sulfonamides is 1. The number of nitrogens with one attached hydrogen (secondary N) is 1. The van der Waals surface area contributed by atoms with Crippen molar-refractivity contribution in [2.75, 3.05) is 18.4 Å². The Labute approximate surface area is 170 Å². The molecule has 0 aliphatic carbocycles. The van der Waals surface area contributed by atoms with E-state index in [9.17, 15) is 26.4 Å². The van der Waals surface area contributed by atoms with Crippen LogP contribution in [0.2, 0.25) is 0 Å². The topological polar surface area (TPSA) is 92.3 Å². The third-order valence-corrected chi connectivity index (χ3v) is 7.23. The highest BCUT2D eigenvalue weighted by atomic mass is 32.2. The van der Waals surface area contributed by atoms with Gasteiger partial charge < -0.3 is 5.32 Å². The van der Waals surface area contributed by atoms with E-state index in [0.717, 1.165) is 24.8 Å². The zero-order chi connectivity index (χ0) is 21.1. The van der Waals surface area contributed by atoms with Crippen LogP contribution in [0.3, 0.4) is 0 Å². The maximum Gasteiger partial charge on any atom is 0.445 e. The predicted octanol–water partition coefficient (Wildman–Crippen LogP) is 3.30. The summed E-state index contributed by atoms with van der Waals surface area (Å²) in [5.41, 5.74) is 0.742. The number of hydrogen-bond acceptors (Lipinski definition) is 6. The average molecular weight is 448 g/mol. The predicted molar refractivity (Wildman–Crippen MR) is 101 cm³/mol. The fourth-order valence-corrected chi connectivity index (χ4v) is 5.05. The van der Waals surface area contributed by atoms with Gasteiger partial charge in [-0.1, -0.05) is 29.9 Å². The number of carbonyl (C=O) groups is 1. The van der Waals surface area contributed by atoms with E-state index < -0.39 is 27.1 Å². The fourth-order valence-electron chi connectivity index (χ4n) is 2.91. The molecule has 0 saturated carbocycles. The SMILES string of the molecule is O=C(CCc1ccc(S(=O)(=O)N2CCCCC2)cc1)Nc1nnc(C(F)(F)F)s1. The number of aromatic nitrogens is 2. The molecule has 7 nitrogen and oxygen atoms in total. The maximum atomic E-state index is 12.6. The number of amides is 1. The zero-order valence-electron chi connectivity index (χ0n) is 15.3. The van der Waals surface area contributed by atoms with E-state index >= 15 is 0 Å². The lowest BCUT2D eigenvalue weighted by Gasteiger charge is -2.25. The summed E-state index contributed by atoms with van der Waals surface area (Å²) in [5.74, 6) is -0.500. The summed E-state index contributed by atoms with van der Waals surface area (Å²) in [6.07, 6.45) is -1.55. The monoisotopic (exact) mass is 448 g/mol. The van der Waals surface area contributed by atoms with Crippen LogP contribution in [0.15, 0.2) is 29.2 Å². The van der Waals surface area contributed by atoms with Crippen molar-refractivity contribution in [1.82, 2.24) is 14.5 Å². The quantitative estimate of drug-likeness (QED) is 0.732. The largest absolute Gasteiger partial charge is 0.445 e. The summed E-state index contributed by atoms with van der Waals surface area (Å²) < 4.78 is 64.2. The van der Waals surface area contributed by atoms with Crippen LogP contribution in [-0.2, 0) is 27.4 Å². The number of aryl methyl sites for hydroxylation is 1. The molecule has 3 rings (SSSR count). The lowest BCUT2D eigenvalue weighted by atomic mass is 10.1. The van der Waals surface area contributed by atoms with Crippen LogP contribution in [0.1, 0.15) is 36.3 Å². The fraction of sp³-hybridized carbons (Fsp3) is 0.471. The van der Waals surface area contributed by atoms with Gasteiger partial charge in [-0.3, -0.25) is 4.79 Å². The second kappa shape index (κ2) is 8.76. The first kappa shape index (κ1) is 21.7. The van der Waals surface area contributed by atoms with Gasteiger partial charge in [0, 0.05) is 19.5 Å². The molecule has 158 valence electrons. The molecule has 1 aliphatic rings. The van der Waals surface area contributed by atoms with Gasteiger partial charge in [0.25, 0.3) is 0 Å². The number of hydrogen-bond donors (Lipinski definition) is 1. The van der Waals surface area contributed by atoms with Crippen molar-refractivity contribution in [3.05, 3.63) is 34.8 Å². The van der Waals surface area contributed by atoms with Crippen molar-refractivity contribution in [3.63, 3.8) is 0 Å². The maximum absolute atomic E-state index is 12.6. The van der Waals surface area contributed by atoms with Crippen LogP contribution in [-0.4, -0.2) is 41.9 Å². The molecular weight excluding hydrogens is 429 g/mol. The van der Waals surface area contributed by atoms with Crippen molar-refractivity contribution in [1.29, 1.82) is 0 Å². The minimum atomic E-state index is -4.60. The molecular formula is C17H19F3N4O3S2. The number of nitrogens with zero attached hydrogens (tertiary/aromatic N) is 3. The molecule has 2 aromatic rings. The minimum absolute atomic E-state index is 0.0130. The molecule has 1 fully saturated rings. The normalized spacial score (nSPS) is 16.0. The van der Waals surface area contributed by atoms with E-state index in [1.165, 1.54) is 16.4 Å². The molecule has 0 radical (unpaired) electrons. The zero-order valence-corrected chi connectivity index (χ0v) is 16.9. The molecule has 1 amide bonds. The Bertz CT molecular complexity index is 953. The van der Waals surface area contributed by atoms with E-state index in [1.54, 1.807) is 12.1 Å². The van der Waals surface area contributed by atoms with Gasteiger partial charge in [-0.15, -0.1) is 10.2 Å². The second-order valence-corrected chi connectivity index (χ2v) is 9.48. The highest BCUT2D eigenvalue weighted by Gasteiger charge is 2.35. The second-order valence-electron chi connectivity index (χ2n) is 6.57.